The van der Waals surface area contributed by atoms with Gasteiger partial charge in [0.25, 0.3) is 0 Å². The molecule has 2 aromatic rings. The molecular formula is C25H32O11. The normalized spacial score (nSPS) is 26.4. The lowest BCUT2D eigenvalue weighted by molar-refractivity contribution is -0.315. The van der Waals surface area contributed by atoms with Gasteiger partial charge in [-0.2, -0.15) is 0 Å². The summed E-state index contributed by atoms with van der Waals surface area (Å²) in [6, 6.07) is 2.09. The lowest BCUT2D eigenvalue weighted by atomic mass is 9.79. The average Bonchev–Trinajstić information content (AvgIpc) is 2.81. The fraction of sp³-hybridized carbons (Fsp3) is 0.520. The molecular weight excluding hydrogens is 476 g/mol. The number of carboxylic acids is 1. The molecule has 198 valence electrons. The molecule has 3 rings (SSSR count). The van der Waals surface area contributed by atoms with Crippen LogP contribution in [0, 0.1) is 12.8 Å². The highest BCUT2D eigenvalue weighted by molar-refractivity contribution is 6.11. The quantitative estimate of drug-likeness (QED) is 0.201. The summed E-state index contributed by atoms with van der Waals surface area (Å²) >= 11 is 0. The molecule has 1 aliphatic heterocycles. The molecule has 1 saturated heterocycles. The van der Waals surface area contributed by atoms with Gasteiger partial charge in [0.15, 0.2) is 5.78 Å². The van der Waals surface area contributed by atoms with Crippen molar-refractivity contribution in [3.8, 4) is 17.2 Å². The molecule has 11 nitrogen and oxygen atoms in total. The van der Waals surface area contributed by atoms with E-state index in [1.54, 1.807) is 0 Å². The third-order valence-electron chi connectivity index (χ3n) is 6.66. The Hall–Kier alpha value is -2.96. The maximum absolute atomic E-state index is 12.2. The van der Waals surface area contributed by atoms with Crippen LogP contribution in [0.15, 0.2) is 12.1 Å². The van der Waals surface area contributed by atoms with Crippen LogP contribution in [0.3, 0.4) is 0 Å². The number of fused-ring (bicyclic) bond motifs is 1. The lowest BCUT2D eigenvalue weighted by Crippen LogP contribution is -2.67. The third-order valence-corrected chi connectivity index (χ3v) is 6.66. The van der Waals surface area contributed by atoms with Crippen LogP contribution in [-0.2, 0) is 4.74 Å². The van der Waals surface area contributed by atoms with Crippen molar-refractivity contribution in [2.24, 2.45) is 5.92 Å². The Morgan fingerprint density at radius 1 is 1.17 bits per heavy atom. The second-order valence-electron chi connectivity index (χ2n) is 9.61. The fourth-order valence-electron chi connectivity index (χ4n) is 4.56. The summed E-state index contributed by atoms with van der Waals surface area (Å²) < 4.78 is 11.3. The molecule has 1 fully saturated rings. The fourth-order valence-corrected chi connectivity index (χ4v) is 4.56. The van der Waals surface area contributed by atoms with Crippen molar-refractivity contribution in [3.05, 3.63) is 28.8 Å². The van der Waals surface area contributed by atoms with Gasteiger partial charge in [-0.25, -0.2) is 4.79 Å². The van der Waals surface area contributed by atoms with Crippen molar-refractivity contribution in [2.45, 2.75) is 70.7 Å². The first kappa shape index (κ1) is 27.6. The summed E-state index contributed by atoms with van der Waals surface area (Å²) in [5.41, 5.74) is -2.53. The van der Waals surface area contributed by atoms with Gasteiger partial charge in [0.2, 0.25) is 6.29 Å². The second kappa shape index (κ2) is 10.2. The molecule has 0 saturated carbocycles. The van der Waals surface area contributed by atoms with Gasteiger partial charge in [0.1, 0.15) is 41.2 Å². The number of phenolic OH excluding ortho intramolecular Hbond substituents is 2. The summed E-state index contributed by atoms with van der Waals surface area (Å²) in [5.74, 6) is -3.24. The van der Waals surface area contributed by atoms with Crippen molar-refractivity contribution in [2.75, 3.05) is 6.61 Å². The number of hydrogen-bond donors (Lipinski definition) is 7. The molecule has 11 heteroatoms. The highest BCUT2D eigenvalue weighted by Gasteiger charge is 2.55. The average molecular weight is 509 g/mol. The predicted molar refractivity (Wildman–Crippen MR) is 126 cm³/mol. The first-order valence-corrected chi connectivity index (χ1v) is 11.5. The Morgan fingerprint density at radius 3 is 2.33 bits per heavy atom. The predicted octanol–water partition coefficient (Wildman–Crippen LogP) is 1.45. The van der Waals surface area contributed by atoms with E-state index in [-0.39, 0.29) is 45.6 Å². The van der Waals surface area contributed by atoms with Gasteiger partial charge < -0.3 is 45.2 Å². The third kappa shape index (κ3) is 4.72. The number of aliphatic hydroxyl groups excluding tert-OH is 3. The second-order valence-corrected chi connectivity index (χ2v) is 9.61. The van der Waals surface area contributed by atoms with E-state index in [9.17, 15) is 45.3 Å². The number of Topliss-reactive ketones (excluding diaryl/α,β-unsaturated/α-hetero) is 1. The van der Waals surface area contributed by atoms with Crippen molar-refractivity contribution >= 4 is 22.5 Å². The van der Waals surface area contributed by atoms with Crippen LogP contribution in [0.2, 0.25) is 0 Å². The Labute approximate surface area is 207 Å². The van der Waals surface area contributed by atoms with Gasteiger partial charge in [0.05, 0.1) is 23.1 Å². The van der Waals surface area contributed by atoms with E-state index in [1.165, 1.54) is 13.8 Å². The van der Waals surface area contributed by atoms with Crippen LogP contribution in [0.25, 0.3) is 10.8 Å². The first-order valence-electron chi connectivity index (χ1n) is 11.5. The van der Waals surface area contributed by atoms with Crippen molar-refractivity contribution < 1.29 is 54.8 Å². The molecule has 0 bridgehead atoms. The highest BCUT2D eigenvalue weighted by Crippen LogP contribution is 2.45. The minimum absolute atomic E-state index is 0.00811. The SMILES string of the molecule is CC(=O)c1c(C)c(O)c2cc(C(=O)O)cc(OC3OC(CO)C(O)(CCC(C)C)C(O)C3O)c2c1O. The molecule has 5 atom stereocenters. The monoisotopic (exact) mass is 508 g/mol. The molecule has 2 aromatic carbocycles. The molecule has 0 aromatic heterocycles. The number of phenols is 2. The number of aliphatic hydroxyl groups is 4. The van der Waals surface area contributed by atoms with Crippen LogP contribution in [0.5, 0.6) is 17.2 Å². The molecule has 0 radical (unpaired) electrons. The van der Waals surface area contributed by atoms with Gasteiger partial charge in [0, 0.05) is 10.9 Å². The number of hydrogen-bond acceptors (Lipinski definition) is 10. The van der Waals surface area contributed by atoms with Gasteiger partial charge in [-0.3, -0.25) is 4.79 Å². The molecule has 0 spiro atoms. The van der Waals surface area contributed by atoms with Gasteiger partial charge >= 0.3 is 5.97 Å². The van der Waals surface area contributed by atoms with Gasteiger partial charge in [-0.05, 0) is 44.7 Å². The number of carboxylic acid groups (broad SMARTS) is 1. The summed E-state index contributed by atoms with van der Waals surface area (Å²) in [4.78, 5) is 23.9. The van der Waals surface area contributed by atoms with Crippen molar-refractivity contribution in [3.63, 3.8) is 0 Å². The maximum atomic E-state index is 12.2. The minimum Gasteiger partial charge on any atom is -0.507 e. The molecule has 5 unspecified atom stereocenters. The van der Waals surface area contributed by atoms with Gasteiger partial charge in [-0.15, -0.1) is 0 Å². The first-order chi connectivity index (χ1) is 16.7. The number of ketones is 1. The number of carbonyl (C=O) groups is 2. The molecule has 1 aliphatic rings. The van der Waals surface area contributed by atoms with Crippen LogP contribution < -0.4 is 4.74 Å². The summed E-state index contributed by atoms with van der Waals surface area (Å²) in [7, 11) is 0. The Balaban J connectivity index is 2.13. The maximum Gasteiger partial charge on any atom is 0.335 e. The van der Waals surface area contributed by atoms with Crippen LogP contribution in [0.1, 0.15) is 59.9 Å². The number of benzene rings is 2. The zero-order valence-electron chi connectivity index (χ0n) is 20.4. The van der Waals surface area contributed by atoms with E-state index >= 15 is 0 Å². The summed E-state index contributed by atoms with van der Waals surface area (Å²) in [5, 5.41) is 73.2. The summed E-state index contributed by atoms with van der Waals surface area (Å²) in [6.07, 6.45) is -6.27. The minimum atomic E-state index is -2.00. The lowest BCUT2D eigenvalue weighted by Gasteiger charge is -2.48. The highest BCUT2D eigenvalue weighted by atomic mass is 16.7. The molecule has 0 amide bonds. The van der Waals surface area contributed by atoms with Crippen LogP contribution >= 0.6 is 0 Å². The standard InChI is InChI=1S/C25H32O11/c1-10(2)5-6-25(34)16(9-26)36-24(21(30)22(25)31)35-15-8-13(23(32)33)7-14-18(15)20(29)17(12(4)27)11(3)19(14)28/h7-8,10,16,21-22,24,26,28-31,34H,5-6,9H2,1-4H3,(H,32,33). The van der Waals surface area contributed by atoms with E-state index < -0.39 is 60.1 Å². The molecule has 36 heavy (non-hydrogen) atoms. The largest absolute Gasteiger partial charge is 0.507 e. The number of aromatic carboxylic acids is 1. The number of aromatic hydroxyl groups is 2. The smallest absolute Gasteiger partial charge is 0.335 e. The molecule has 7 N–H and O–H groups in total. The summed E-state index contributed by atoms with van der Waals surface area (Å²) in [6.45, 7) is 5.62. The Morgan fingerprint density at radius 2 is 1.81 bits per heavy atom. The number of ether oxygens (including phenoxy) is 2. The Kier molecular flexibility index (Phi) is 7.82. The van der Waals surface area contributed by atoms with Crippen LogP contribution in [0.4, 0.5) is 0 Å². The topological polar surface area (TPSA) is 194 Å². The van der Waals surface area contributed by atoms with Crippen molar-refractivity contribution in [1.29, 1.82) is 0 Å². The van der Waals surface area contributed by atoms with E-state index in [0.29, 0.717) is 6.42 Å². The molecule has 0 aliphatic carbocycles. The van der Waals surface area contributed by atoms with Crippen molar-refractivity contribution in [1.82, 2.24) is 0 Å². The van der Waals surface area contributed by atoms with Crippen LogP contribution in [-0.4, -0.2) is 84.3 Å². The van der Waals surface area contributed by atoms with Gasteiger partial charge in [-0.1, -0.05) is 13.8 Å². The Bertz CT molecular complexity index is 1170. The van der Waals surface area contributed by atoms with E-state index in [0.717, 1.165) is 12.1 Å². The van der Waals surface area contributed by atoms with E-state index in [1.807, 2.05) is 13.8 Å². The van der Waals surface area contributed by atoms with E-state index in [4.69, 9.17) is 9.47 Å². The number of carbonyl (C=O) groups excluding carboxylic acids is 1. The zero-order chi connectivity index (χ0) is 27.1. The van der Waals surface area contributed by atoms with E-state index in [2.05, 4.69) is 0 Å². The number of rotatable bonds is 8. The zero-order valence-corrected chi connectivity index (χ0v) is 20.4. The molecule has 1 heterocycles.